The summed E-state index contributed by atoms with van der Waals surface area (Å²) in [6.07, 6.45) is -17.2. The maximum absolute atomic E-state index is 13.4. The molecule has 0 atom stereocenters. The van der Waals surface area contributed by atoms with Crippen molar-refractivity contribution in [1.29, 1.82) is 0 Å². The highest BCUT2D eigenvalue weighted by Crippen LogP contribution is 2.40. The molecular weight excluding hydrogens is 632 g/mol. The van der Waals surface area contributed by atoms with E-state index < -0.39 is 58.3 Å². The molecule has 2 heterocycles. The van der Waals surface area contributed by atoms with Gasteiger partial charge in [-0.1, -0.05) is 43.5 Å². The summed E-state index contributed by atoms with van der Waals surface area (Å²) in [6.45, 7) is 0.269. The molecule has 0 aliphatic rings. The quantitative estimate of drug-likeness (QED) is 0.132. The highest BCUT2D eigenvalue weighted by Gasteiger charge is 2.38. The normalized spacial score (nSPS) is 13.1. The van der Waals surface area contributed by atoms with E-state index in [1.807, 2.05) is 0 Å². The van der Waals surface area contributed by atoms with Crippen LogP contribution in [0.5, 0.6) is 0 Å². The van der Waals surface area contributed by atoms with Crippen LogP contribution in [0.3, 0.4) is 0 Å². The second-order valence-electron chi connectivity index (χ2n) is 10.1. The highest BCUT2D eigenvalue weighted by atomic mass is 19.4. The van der Waals surface area contributed by atoms with Crippen molar-refractivity contribution >= 4 is 33.2 Å². The first-order chi connectivity index (χ1) is 20.9. The van der Waals surface area contributed by atoms with Crippen molar-refractivity contribution in [3.8, 4) is 0 Å². The number of unbranched alkanes of at least 4 members (excludes halogenated alkanes) is 4. The van der Waals surface area contributed by atoms with E-state index in [0.29, 0.717) is 56.4 Å². The predicted octanol–water partition coefficient (Wildman–Crippen LogP) is 10.3. The van der Waals surface area contributed by atoms with Crippen molar-refractivity contribution in [3.63, 3.8) is 0 Å². The van der Waals surface area contributed by atoms with E-state index in [4.69, 9.17) is 0 Å². The third-order valence-electron chi connectivity index (χ3n) is 6.86. The summed E-state index contributed by atoms with van der Waals surface area (Å²) in [5.41, 5.74) is -7.49. The Bertz CT molecular complexity index is 1520. The average molecular weight is 657 g/mol. The molecule has 4 nitrogen and oxygen atoms in total. The van der Waals surface area contributed by atoms with Gasteiger partial charge in [-0.25, -0.2) is 9.97 Å². The van der Waals surface area contributed by atoms with Crippen molar-refractivity contribution in [2.75, 3.05) is 23.7 Å². The molecule has 45 heavy (non-hydrogen) atoms. The van der Waals surface area contributed by atoms with Gasteiger partial charge in [0.1, 0.15) is 11.4 Å². The number of benzene rings is 2. The number of anilines is 2. The van der Waals surface area contributed by atoms with E-state index in [2.05, 4.69) is 20.6 Å². The lowest BCUT2D eigenvalue weighted by Gasteiger charge is -2.17. The lowest BCUT2D eigenvalue weighted by molar-refractivity contribution is -0.142. The number of nitrogens with zero attached hydrogens (tertiary/aromatic N) is 2. The number of fused-ring (bicyclic) bond motifs is 2. The molecular formula is C29H24F12N4. The minimum atomic E-state index is -4.98. The van der Waals surface area contributed by atoms with Crippen LogP contribution in [-0.4, -0.2) is 23.1 Å². The van der Waals surface area contributed by atoms with Crippen LogP contribution < -0.4 is 10.6 Å². The SMILES string of the molecule is FC(F)(F)c1cc(NCCCCCCCNc2cc(C(F)(F)F)nc3c(C(F)(F)F)cccc23)c2cccc(C(F)(F)F)c2n1. The van der Waals surface area contributed by atoms with Gasteiger partial charge >= 0.3 is 24.7 Å². The average Bonchev–Trinajstić information content (AvgIpc) is 2.93. The number of pyridine rings is 2. The largest absolute Gasteiger partial charge is 0.433 e. The van der Waals surface area contributed by atoms with Crippen LogP contribution in [0.1, 0.15) is 54.6 Å². The maximum atomic E-state index is 13.4. The van der Waals surface area contributed by atoms with E-state index in [0.717, 1.165) is 12.1 Å². The summed E-state index contributed by atoms with van der Waals surface area (Å²) in [5, 5.41) is 5.27. The number of hydrogen-bond donors (Lipinski definition) is 2. The molecule has 16 heteroatoms. The topological polar surface area (TPSA) is 49.8 Å². The molecule has 2 N–H and O–H groups in total. The first-order valence-corrected chi connectivity index (χ1v) is 13.5. The smallest absolute Gasteiger partial charge is 0.384 e. The molecule has 0 amide bonds. The van der Waals surface area contributed by atoms with Crippen molar-refractivity contribution in [2.24, 2.45) is 0 Å². The lowest BCUT2D eigenvalue weighted by Crippen LogP contribution is -2.13. The molecule has 0 bridgehead atoms. The van der Waals surface area contributed by atoms with Crippen LogP contribution in [0.15, 0.2) is 48.5 Å². The molecule has 2 aromatic heterocycles. The zero-order valence-electron chi connectivity index (χ0n) is 23.0. The van der Waals surface area contributed by atoms with Gasteiger partial charge in [-0.05, 0) is 37.1 Å². The number of alkyl halides is 12. The standard InChI is InChI=1S/C29H24F12N4/c30-26(31,32)18-10-6-8-16-20(14-22(28(36,37)38)44-24(16)18)42-12-4-2-1-3-5-13-43-21-15-23(29(39,40)41)45-25-17(21)9-7-11-19(25)27(33,34)35/h6-11,14-15H,1-5,12-13H2,(H,42,44)(H,43,45). The second kappa shape index (κ2) is 12.8. The van der Waals surface area contributed by atoms with Gasteiger partial charge in [0.05, 0.1) is 22.2 Å². The molecule has 0 aliphatic carbocycles. The van der Waals surface area contributed by atoms with Gasteiger partial charge in [0.25, 0.3) is 0 Å². The van der Waals surface area contributed by atoms with E-state index in [1.165, 1.54) is 12.1 Å². The molecule has 0 saturated heterocycles. The Balaban J connectivity index is 1.33. The molecule has 0 unspecified atom stereocenters. The Hall–Kier alpha value is -3.98. The molecule has 0 aliphatic heterocycles. The Morgan fingerprint density at radius 1 is 0.467 bits per heavy atom. The third kappa shape index (κ3) is 8.19. The third-order valence-corrected chi connectivity index (χ3v) is 6.86. The Labute approximate surface area is 247 Å². The Morgan fingerprint density at radius 3 is 1.16 bits per heavy atom. The van der Waals surface area contributed by atoms with Gasteiger partial charge in [0, 0.05) is 35.2 Å². The first-order valence-electron chi connectivity index (χ1n) is 13.5. The van der Waals surface area contributed by atoms with Crippen LogP contribution in [-0.2, 0) is 24.7 Å². The Kier molecular flexibility index (Phi) is 9.64. The number of para-hydroxylation sites is 2. The molecule has 244 valence electrons. The Morgan fingerprint density at radius 2 is 0.822 bits per heavy atom. The van der Waals surface area contributed by atoms with Crippen LogP contribution in [0, 0.1) is 0 Å². The summed E-state index contributed by atoms with van der Waals surface area (Å²) in [6, 6.07) is 7.24. The zero-order chi connectivity index (χ0) is 33.2. The molecule has 0 fully saturated rings. The fourth-order valence-corrected chi connectivity index (χ4v) is 4.76. The number of nitrogens with one attached hydrogen (secondary N) is 2. The fourth-order valence-electron chi connectivity index (χ4n) is 4.76. The van der Waals surface area contributed by atoms with E-state index in [1.54, 1.807) is 0 Å². The van der Waals surface area contributed by atoms with Gasteiger partial charge in [-0.3, -0.25) is 0 Å². The summed E-state index contributed by atoms with van der Waals surface area (Å²) in [5.74, 6) is 0. The van der Waals surface area contributed by atoms with Gasteiger partial charge in [-0.2, -0.15) is 52.7 Å². The molecule has 2 aromatic carbocycles. The molecule has 0 radical (unpaired) electrons. The van der Waals surface area contributed by atoms with Crippen molar-refractivity contribution in [3.05, 3.63) is 71.0 Å². The summed E-state index contributed by atoms with van der Waals surface area (Å²) in [7, 11) is 0. The lowest BCUT2D eigenvalue weighted by atomic mass is 10.1. The van der Waals surface area contributed by atoms with Gasteiger partial charge in [-0.15, -0.1) is 0 Å². The van der Waals surface area contributed by atoms with Gasteiger partial charge < -0.3 is 10.6 Å². The number of aromatic nitrogens is 2. The number of rotatable bonds is 10. The molecule has 4 aromatic rings. The van der Waals surface area contributed by atoms with Crippen molar-refractivity contribution < 1.29 is 52.7 Å². The summed E-state index contributed by atoms with van der Waals surface area (Å²) in [4.78, 5) is 6.46. The monoisotopic (exact) mass is 656 g/mol. The minimum Gasteiger partial charge on any atom is -0.384 e. The van der Waals surface area contributed by atoms with Crippen LogP contribution in [0.25, 0.3) is 21.8 Å². The first kappa shape index (κ1) is 33.9. The summed E-state index contributed by atoms with van der Waals surface area (Å²) >= 11 is 0. The van der Waals surface area contributed by atoms with E-state index >= 15 is 0 Å². The second-order valence-corrected chi connectivity index (χ2v) is 10.1. The van der Waals surface area contributed by atoms with Gasteiger partial charge in [0.15, 0.2) is 0 Å². The molecule has 0 saturated carbocycles. The fraction of sp³-hybridized carbons (Fsp3) is 0.379. The molecule has 4 rings (SSSR count). The molecule has 0 spiro atoms. The maximum Gasteiger partial charge on any atom is 0.433 e. The highest BCUT2D eigenvalue weighted by molar-refractivity contribution is 5.94. The van der Waals surface area contributed by atoms with E-state index in [9.17, 15) is 52.7 Å². The minimum absolute atomic E-state index is 0.122. The van der Waals surface area contributed by atoms with E-state index in [-0.39, 0.29) is 35.2 Å². The zero-order valence-corrected chi connectivity index (χ0v) is 23.0. The van der Waals surface area contributed by atoms with Gasteiger partial charge in [0.2, 0.25) is 0 Å². The van der Waals surface area contributed by atoms with Crippen molar-refractivity contribution in [2.45, 2.75) is 56.8 Å². The van der Waals surface area contributed by atoms with Crippen LogP contribution in [0.2, 0.25) is 0 Å². The van der Waals surface area contributed by atoms with Crippen LogP contribution >= 0.6 is 0 Å². The van der Waals surface area contributed by atoms with Crippen molar-refractivity contribution in [1.82, 2.24) is 9.97 Å². The predicted molar refractivity (Wildman–Crippen MR) is 144 cm³/mol. The van der Waals surface area contributed by atoms with Crippen LogP contribution in [0.4, 0.5) is 64.1 Å². The number of halogens is 12. The number of hydrogen-bond acceptors (Lipinski definition) is 4. The summed E-state index contributed by atoms with van der Waals surface area (Å²) < 4.78 is 161.